The summed E-state index contributed by atoms with van der Waals surface area (Å²) >= 11 is 0. The number of aryl methyl sites for hydroxylation is 1. The van der Waals surface area contributed by atoms with E-state index in [4.69, 9.17) is 21.1 Å². The van der Waals surface area contributed by atoms with Gasteiger partial charge in [0.05, 0.1) is 34.3 Å². The first-order valence-corrected chi connectivity index (χ1v) is 14.7. The lowest BCUT2D eigenvalue weighted by atomic mass is 9.94. The molecule has 3 aliphatic rings. The van der Waals surface area contributed by atoms with Crippen molar-refractivity contribution in [2.45, 2.75) is 56.5 Å². The Morgan fingerprint density at radius 1 is 1.07 bits per heavy atom. The average Bonchev–Trinajstić information content (AvgIpc) is 3.57. The van der Waals surface area contributed by atoms with Crippen molar-refractivity contribution in [3.05, 3.63) is 47.2 Å². The fourth-order valence-corrected chi connectivity index (χ4v) is 7.28. The number of likely N-dealkylation sites (N-methyl/N-ethyl adjacent to an activating group) is 1. The van der Waals surface area contributed by atoms with E-state index >= 15 is 4.39 Å². The number of phenols is 1. The van der Waals surface area contributed by atoms with Crippen LogP contribution in [0.4, 0.5) is 14.6 Å². The molecule has 3 aliphatic heterocycles. The zero-order valence-electron chi connectivity index (χ0n) is 24.3. The predicted octanol–water partition coefficient (Wildman–Crippen LogP) is 4.95. The molecule has 5 heterocycles. The molecule has 0 unspecified atom stereocenters. The summed E-state index contributed by atoms with van der Waals surface area (Å²) in [5.41, 5.74) is -0.222. The van der Waals surface area contributed by atoms with Crippen molar-refractivity contribution in [3.63, 3.8) is 0 Å². The van der Waals surface area contributed by atoms with Crippen LogP contribution in [-0.2, 0) is 6.42 Å². The van der Waals surface area contributed by atoms with Gasteiger partial charge in [0, 0.05) is 18.0 Å². The summed E-state index contributed by atoms with van der Waals surface area (Å²) in [7, 11) is 1.82. The van der Waals surface area contributed by atoms with Crippen molar-refractivity contribution in [1.29, 1.82) is 0 Å². The van der Waals surface area contributed by atoms with Gasteiger partial charge in [-0.1, -0.05) is 12.0 Å². The Kier molecular flexibility index (Phi) is 6.45. The summed E-state index contributed by atoms with van der Waals surface area (Å²) in [4.78, 5) is 18.5. The monoisotopic (exact) mass is 585 g/mol. The van der Waals surface area contributed by atoms with Gasteiger partial charge >= 0.3 is 6.01 Å². The number of rotatable bonds is 5. The number of halogens is 2. The fraction of sp³-hybridized carbons (Fsp3) is 0.424. The number of nitrogens with zero attached hydrogens (tertiary/aromatic N) is 5. The number of benzene rings is 2. The largest absolute Gasteiger partial charge is 0.508 e. The van der Waals surface area contributed by atoms with Crippen LogP contribution >= 0.6 is 0 Å². The van der Waals surface area contributed by atoms with E-state index in [0.29, 0.717) is 41.7 Å². The SMILES string of the molecule is C#Cc1c(F)ccc2cc(O)cc(-c3nc4c5c(nc(OCC67CCCN6CCC7)nc5c3F)N(C)[C@@](C)(CO)CC4)c12. The van der Waals surface area contributed by atoms with Crippen LogP contribution in [0.2, 0.25) is 0 Å². The quantitative estimate of drug-likeness (QED) is 0.318. The molecule has 2 N–H and O–H groups in total. The average molecular weight is 586 g/mol. The summed E-state index contributed by atoms with van der Waals surface area (Å²) < 4.78 is 38.0. The molecule has 43 heavy (non-hydrogen) atoms. The first kappa shape index (κ1) is 27.7. The molecule has 222 valence electrons. The van der Waals surface area contributed by atoms with Gasteiger partial charge < -0.3 is 19.8 Å². The van der Waals surface area contributed by atoms with Gasteiger partial charge in [0.1, 0.15) is 35.2 Å². The number of fused-ring (bicyclic) bond motifs is 2. The Bertz CT molecular complexity index is 1830. The third kappa shape index (κ3) is 4.20. The predicted molar refractivity (Wildman–Crippen MR) is 160 cm³/mol. The van der Waals surface area contributed by atoms with Gasteiger partial charge in [0.2, 0.25) is 0 Å². The number of phenolic OH excluding ortho intramolecular Hbond substituents is 1. The maximum Gasteiger partial charge on any atom is 0.319 e. The summed E-state index contributed by atoms with van der Waals surface area (Å²) in [6.07, 6.45) is 10.9. The number of aromatic nitrogens is 3. The lowest BCUT2D eigenvalue weighted by Crippen LogP contribution is -2.47. The molecule has 2 saturated heterocycles. The van der Waals surface area contributed by atoms with E-state index in [1.165, 1.54) is 24.3 Å². The Labute approximate surface area is 248 Å². The highest BCUT2D eigenvalue weighted by Crippen LogP contribution is 2.43. The van der Waals surface area contributed by atoms with E-state index in [1.807, 2.05) is 18.9 Å². The highest BCUT2D eigenvalue weighted by atomic mass is 19.1. The standard InChI is InChI=1S/C33H33F2N5O3/c1-4-21-23(34)8-7-19-15-20(42)16-22(25(19)21)28-27(35)29-26-24(36-28)9-12-32(2,17-41)39(3)30(26)38-31(37-29)43-18-33-10-5-13-40(33)14-6-11-33/h1,7-8,15-16,41-42H,5-6,9-14,17-18H2,2-3H3/t32-/m1/s1. The van der Waals surface area contributed by atoms with Gasteiger partial charge in [-0.25, -0.2) is 13.8 Å². The van der Waals surface area contributed by atoms with E-state index in [1.54, 1.807) is 0 Å². The van der Waals surface area contributed by atoms with Crippen LogP contribution in [0.1, 0.15) is 50.3 Å². The summed E-state index contributed by atoms with van der Waals surface area (Å²) in [5, 5.41) is 22.2. The highest BCUT2D eigenvalue weighted by molar-refractivity contribution is 6.03. The smallest absolute Gasteiger partial charge is 0.319 e. The van der Waals surface area contributed by atoms with E-state index in [-0.39, 0.29) is 51.6 Å². The molecule has 10 heteroatoms. The lowest BCUT2D eigenvalue weighted by molar-refractivity contribution is 0.107. The lowest BCUT2D eigenvalue weighted by Gasteiger charge is -2.37. The van der Waals surface area contributed by atoms with Gasteiger partial charge in [0.15, 0.2) is 5.82 Å². The molecule has 7 rings (SSSR count). The Hall–Kier alpha value is -4.07. The molecule has 0 spiro atoms. The Morgan fingerprint density at radius 3 is 2.56 bits per heavy atom. The maximum atomic E-state index is 16.8. The number of terminal acetylenes is 1. The fourth-order valence-electron chi connectivity index (χ4n) is 7.28. The van der Waals surface area contributed by atoms with E-state index in [2.05, 4.69) is 15.8 Å². The van der Waals surface area contributed by atoms with Gasteiger partial charge in [0.25, 0.3) is 0 Å². The van der Waals surface area contributed by atoms with Crippen LogP contribution in [0.25, 0.3) is 32.9 Å². The van der Waals surface area contributed by atoms with Crippen LogP contribution < -0.4 is 9.64 Å². The molecule has 0 aliphatic carbocycles. The minimum absolute atomic E-state index is 0.0105. The topological polar surface area (TPSA) is 94.8 Å². The van der Waals surface area contributed by atoms with Crippen LogP contribution in [-0.4, -0.2) is 74.5 Å². The molecule has 1 atom stereocenters. The normalized spacial score (nSPS) is 21.3. The number of hydrogen-bond acceptors (Lipinski definition) is 8. The number of aliphatic hydroxyl groups is 1. The van der Waals surface area contributed by atoms with Crippen molar-refractivity contribution in [1.82, 2.24) is 19.9 Å². The summed E-state index contributed by atoms with van der Waals surface area (Å²) in [6, 6.07) is 5.56. The molecule has 4 aromatic rings. The number of hydrogen-bond donors (Lipinski definition) is 2. The van der Waals surface area contributed by atoms with Gasteiger partial charge in [-0.3, -0.25) is 4.90 Å². The molecule has 0 saturated carbocycles. The van der Waals surface area contributed by atoms with Crippen molar-refractivity contribution >= 4 is 27.5 Å². The molecule has 0 radical (unpaired) electrons. The third-order valence-corrected chi connectivity index (χ3v) is 9.92. The molecule has 0 amide bonds. The van der Waals surface area contributed by atoms with Crippen LogP contribution in [0.3, 0.4) is 0 Å². The van der Waals surface area contributed by atoms with Gasteiger partial charge in [-0.15, -0.1) is 6.42 Å². The molecule has 0 bridgehead atoms. The number of ether oxygens (including phenoxy) is 1. The third-order valence-electron chi connectivity index (χ3n) is 9.92. The molecule has 2 fully saturated rings. The van der Waals surface area contributed by atoms with Crippen LogP contribution in [0, 0.1) is 24.0 Å². The maximum absolute atomic E-state index is 16.8. The number of aliphatic hydroxyl groups excluding tert-OH is 1. The summed E-state index contributed by atoms with van der Waals surface area (Å²) in [6.45, 7) is 4.23. The van der Waals surface area contributed by atoms with Gasteiger partial charge in [-0.05, 0) is 82.1 Å². The number of pyridine rings is 1. The number of anilines is 1. The van der Waals surface area contributed by atoms with Gasteiger partial charge in [-0.2, -0.15) is 9.97 Å². The zero-order chi connectivity index (χ0) is 30.1. The van der Waals surface area contributed by atoms with E-state index in [9.17, 15) is 14.6 Å². The molecule has 8 nitrogen and oxygen atoms in total. The highest BCUT2D eigenvalue weighted by Gasteiger charge is 2.45. The first-order valence-electron chi connectivity index (χ1n) is 14.7. The second-order valence-electron chi connectivity index (χ2n) is 12.4. The molecule has 2 aromatic carbocycles. The van der Waals surface area contributed by atoms with Crippen molar-refractivity contribution in [2.24, 2.45) is 0 Å². The minimum Gasteiger partial charge on any atom is -0.508 e. The Morgan fingerprint density at radius 2 is 1.84 bits per heavy atom. The van der Waals surface area contributed by atoms with Crippen molar-refractivity contribution in [2.75, 3.05) is 38.3 Å². The Balaban J connectivity index is 1.46. The summed E-state index contributed by atoms with van der Waals surface area (Å²) in [5.74, 6) is 1.28. The van der Waals surface area contributed by atoms with Crippen LogP contribution in [0.15, 0.2) is 24.3 Å². The second-order valence-corrected chi connectivity index (χ2v) is 12.4. The first-order chi connectivity index (χ1) is 20.7. The van der Waals surface area contributed by atoms with Crippen molar-refractivity contribution in [3.8, 4) is 35.4 Å². The molecular formula is C33H33F2N5O3. The number of aromatic hydroxyl groups is 1. The zero-order valence-corrected chi connectivity index (χ0v) is 24.3. The second kappa shape index (κ2) is 10.00. The van der Waals surface area contributed by atoms with E-state index < -0.39 is 17.2 Å². The van der Waals surface area contributed by atoms with E-state index in [0.717, 1.165) is 38.8 Å². The minimum atomic E-state index is -0.756. The molecular weight excluding hydrogens is 552 g/mol. The molecule has 2 aromatic heterocycles. The van der Waals surface area contributed by atoms with Crippen molar-refractivity contribution < 1.29 is 23.7 Å². The van der Waals surface area contributed by atoms with Crippen LogP contribution in [0.5, 0.6) is 11.8 Å².